The molecule has 156 valence electrons. The molecule has 0 bridgehead atoms. The summed E-state index contributed by atoms with van der Waals surface area (Å²) in [6.07, 6.45) is 0.172. The van der Waals surface area contributed by atoms with Crippen LogP contribution in [0.5, 0.6) is 0 Å². The highest BCUT2D eigenvalue weighted by atomic mass is 35.5. The summed E-state index contributed by atoms with van der Waals surface area (Å²) in [5, 5.41) is 3.18. The fraction of sp³-hybridized carbons (Fsp3) is 0.125. The number of fused-ring (bicyclic) bond motifs is 1. The Morgan fingerprint density at radius 3 is 2.10 bits per heavy atom. The molecule has 0 fully saturated rings. The van der Waals surface area contributed by atoms with Gasteiger partial charge in [0, 0.05) is 12.1 Å². The Bertz CT molecular complexity index is 1150. The average Bonchev–Trinajstić information content (AvgIpc) is 2.97. The highest BCUT2D eigenvalue weighted by molar-refractivity contribution is 6.43. The number of hydrogen-bond donors (Lipinski definition) is 1. The number of nitrogens with zero attached hydrogens (tertiary/aromatic N) is 1. The predicted octanol–water partition coefficient (Wildman–Crippen LogP) is 5.15. The van der Waals surface area contributed by atoms with Crippen molar-refractivity contribution in [3.05, 3.63) is 99.0 Å². The molecule has 0 spiro atoms. The molecule has 0 aliphatic carbocycles. The molecule has 4 rings (SSSR count). The smallest absolute Gasteiger partial charge is 0.262 e. The van der Waals surface area contributed by atoms with Crippen molar-refractivity contribution in [2.24, 2.45) is 0 Å². The second-order valence-electron chi connectivity index (χ2n) is 7.36. The minimum Gasteiger partial charge on any atom is -0.324 e. The van der Waals surface area contributed by atoms with Gasteiger partial charge in [0.25, 0.3) is 11.8 Å². The number of hydrogen-bond acceptors (Lipinski definition) is 3. The standard InChI is InChI=1S/C24H18Cl2N2O3/c1-14-6-5-9-16(10-14)27-22(29)21(11-15-7-3-2-4-8-15)28-23(30)17-12-19(25)20(26)13-18(17)24(28)31/h2-10,12-13,21H,11H2,1H3,(H,27,29)/t21-/m0/s1. The molecule has 1 heterocycles. The van der Waals surface area contributed by atoms with Crippen molar-refractivity contribution in [3.63, 3.8) is 0 Å². The maximum absolute atomic E-state index is 13.3. The number of benzene rings is 3. The van der Waals surface area contributed by atoms with Crippen LogP contribution < -0.4 is 5.32 Å². The van der Waals surface area contributed by atoms with Crippen LogP contribution >= 0.6 is 23.2 Å². The number of aryl methyl sites for hydroxylation is 1. The van der Waals surface area contributed by atoms with Crippen molar-refractivity contribution >= 4 is 46.6 Å². The normalized spacial score (nSPS) is 13.8. The van der Waals surface area contributed by atoms with Gasteiger partial charge in [0.1, 0.15) is 6.04 Å². The van der Waals surface area contributed by atoms with Crippen LogP contribution in [0.2, 0.25) is 10.0 Å². The Hall–Kier alpha value is -3.15. The molecule has 3 aromatic carbocycles. The summed E-state index contributed by atoms with van der Waals surface area (Å²) in [6.45, 7) is 1.91. The summed E-state index contributed by atoms with van der Waals surface area (Å²) in [4.78, 5) is 40.6. The SMILES string of the molecule is Cc1cccc(NC(=O)[C@H](Cc2ccccc2)N2C(=O)c3cc(Cl)c(Cl)cc3C2=O)c1. The number of carbonyl (C=O) groups excluding carboxylic acids is 3. The molecule has 0 aromatic heterocycles. The molecule has 0 radical (unpaired) electrons. The molecule has 31 heavy (non-hydrogen) atoms. The molecule has 1 N–H and O–H groups in total. The summed E-state index contributed by atoms with van der Waals surface area (Å²) in [5.41, 5.74) is 2.66. The summed E-state index contributed by atoms with van der Waals surface area (Å²) >= 11 is 12.1. The van der Waals surface area contributed by atoms with Gasteiger partial charge in [-0.2, -0.15) is 0 Å². The van der Waals surface area contributed by atoms with Crippen LogP contribution in [0.25, 0.3) is 0 Å². The quantitative estimate of drug-likeness (QED) is 0.544. The van der Waals surface area contributed by atoms with E-state index in [0.29, 0.717) is 5.69 Å². The van der Waals surface area contributed by atoms with Gasteiger partial charge in [0.05, 0.1) is 21.2 Å². The molecule has 5 nitrogen and oxygen atoms in total. The summed E-state index contributed by atoms with van der Waals surface area (Å²) in [5.74, 6) is -1.60. The van der Waals surface area contributed by atoms with Crippen molar-refractivity contribution in [2.45, 2.75) is 19.4 Å². The largest absolute Gasteiger partial charge is 0.324 e. The lowest BCUT2D eigenvalue weighted by Crippen LogP contribution is -2.48. The van der Waals surface area contributed by atoms with Crippen molar-refractivity contribution in [1.29, 1.82) is 0 Å². The van der Waals surface area contributed by atoms with Crippen LogP contribution in [0.3, 0.4) is 0 Å². The van der Waals surface area contributed by atoms with Crippen molar-refractivity contribution in [2.75, 3.05) is 5.32 Å². The second kappa shape index (κ2) is 8.53. The molecule has 1 atom stereocenters. The van der Waals surface area contributed by atoms with Gasteiger partial charge in [0.2, 0.25) is 5.91 Å². The molecule has 3 aromatic rings. The summed E-state index contributed by atoms with van der Waals surface area (Å²) in [6, 6.07) is 18.2. The maximum atomic E-state index is 13.3. The van der Waals surface area contributed by atoms with Gasteiger partial charge in [-0.05, 0) is 42.3 Å². The monoisotopic (exact) mass is 452 g/mol. The molecule has 0 unspecified atom stereocenters. The fourth-order valence-corrected chi connectivity index (χ4v) is 3.95. The Balaban J connectivity index is 1.71. The van der Waals surface area contributed by atoms with Crippen LogP contribution in [0.1, 0.15) is 31.8 Å². The maximum Gasteiger partial charge on any atom is 0.262 e. The lowest BCUT2D eigenvalue weighted by molar-refractivity contribution is -0.119. The van der Waals surface area contributed by atoms with Crippen molar-refractivity contribution < 1.29 is 14.4 Å². The molecule has 3 amide bonds. The van der Waals surface area contributed by atoms with E-state index in [-0.39, 0.29) is 27.6 Å². The minimum atomic E-state index is -1.05. The zero-order valence-electron chi connectivity index (χ0n) is 16.6. The molecular weight excluding hydrogens is 435 g/mol. The lowest BCUT2D eigenvalue weighted by atomic mass is 10.0. The van der Waals surface area contributed by atoms with E-state index in [4.69, 9.17) is 23.2 Å². The summed E-state index contributed by atoms with van der Waals surface area (Å²) in [7, 11) is 0. The van der Waals surface area contributed by atoms with E-state index in [1.165, 1.54) is 12.1 Å². The Kier molecular flexibility index (Phi) is 5.81. The van der Waals surface area contributed by atoms with Crippen LogP contribution in [-0.2, 0) is 11.2 Å². The highest BCUT2D eigenvalue weighted by Crippen LogP contribution is 2.33. The third-order valence-electron chi connectivity index (χ3n) is 5.13. The van der Waals surface area contributed by atoms with Gasteiger partial charge >= 0.3 is 0 Å². The third kappa shape index (κ3) is 4.20. The highest BCUT2D eigenvalue weighted by Gasteiger charge is 2.43. The van der Waals surface area contributed by atoms with E-state index in [9.17, 15) is 14.4 Å². The van der Waals surface area contributed by atoms with Crippen LogP contribution in [-0.4, -0.2) is 28.7 Å². The van der Waals surface area contributed by atoms with E-state index >= 15 is 0 Å². The van der Waals surface area contributed by atoms with E-state index in [0.717, 1.165) is 16.0 Å². The molecule has 7 heteroatoms. The first-order valence-corrected chi connectivity index (χ1v) is 10.4. The zero-order chi connectivity index (χ0) is 22.1. The molecular formula is C24H18Cl2N2O3. The van der Waals surface area contributed by atoms with Crippen LogP contribution in [0, 0.1) is 6.92 Å². The van der Waals surface area contributed by atoms with E-state index in [2.05, 4.69) is 5.32 Å². The van der Waals surface area contributed by atoms with Crippen molar-refractivity contribution in [1.82, 2.24) is 4.90 Å². The van der Waals surface area contributed by atoms with Gasteiger partial charge < -0.3 is 5.32 Å². The Morgan fingerprint density at radius 1 is 0.903 bits per heavy atom. The summed E-state index contributed by atoms with van der Waals surface area (Å²) < 4.78 is 0. The first-order valence-electron chi connectivity index (χ1n) is 9.63. The lowest BCUT2D eigenvalue weighted by Gasteiger charge is -2.25. The predicted molar refractivity (Wildman–Crippen MR) is 121 cm³/mol. The first-order chi connectivity index (χ1) is 14.8. The minimum absolute atomic E-state index is 0.140. The number of rotatable bonds is 5. The van der Waals surface area contributed by atoms with Gasteiger partial charge in [-0.15, -0.1) is 0 Å². The first kappa shape index (κ1) is 21.1. The third-order valence-corrected chi connectivity index (χ3v) is 5.85. The van der Waals surface area contributed by atoms with Gasteiger partial charge in [-0.1, -0.05) is 65.7 Å². The van der Waals surface area contributed by atoms with E-state index in [1.54, 1.807) is 6.07 Å². The van der Waals surface area contributed by atoms with Gasteiger partial charge in [0.15, 0.2) is 0 Å². The molecule has 1 aliphatic rings. The fourth-order valence-electron chi connectivity index (χ4n) is 3.62. The van der Waals surface area contributed by atoms with Gasteiger partial charge in [-0.3, -0.25) is 19.3 Å². The number of nitrogens with one attached hydrogen (secondary N) is 1. The Morgan fingerprint density at radius 2 is 1.52 bits per heavy atom. The van der Waals surface area contributed by atoms with Crippen LogP contribution in [0.15, 0.2) is 66.7 Å². The number of amides is 3. The molecule has 1 aliphatic heterocycles. The topological polar surface area (TPSA) is 66.5 Å². The van der Waals surface area contributed by atoms with E-state index < -0.39 is 23.8 Å². The number of carbonyl (C=O) groups is 3. The Labute approximate surface area is 189 Å². The number of imide groups is 1. The number of anilines is 1. The molecule has 0 saturated carbocycles. The zero-order valence-corrected chi connectivity index (χ0v) is 18.1. The average molecular weight is 453 g/mol. The van der Waals surface area contributed by atoms with Crippen LogP contribution in [0.4, 0.5) is 5.69 Å². The van der Waals surface area contributed by atoms with E-state index in [1.807, 2.05) is 55.5 Å². The van der Waals surface area contributed by atoms with Gasteiger partial charge in [-0.25, -0.2) is 0 Å². The molecule has 0 saturated heterocycles. The van der Waals surface area contributed by atoms with Crippen molar-refractivity contribution in [3.8, 4) is 0 Å². The second-order valence-corrected chi connectivity index (χ2v) is 8.17. The number of halogens is 2.